The van der Waals surface area contributed by atoms with Crippen molar-refractivity contribution in [3.8, 4) is 11.6 Å². The summed E-state index contributed by atoms with van der Waals surface area (Å²) in [6, 6.07) is 13.1. The third-order valence-electron chi connectivity index (χ3n) is 4.43. The first kappa shape index (κ1) is 19.3. The van der Waals surface area contributed by atoms with E-state index in [4.69, 9.17) is 0 Å². The fraction of sp³-hybridized carbons (Fsp3) is 0.0476. The summed E-state index contributed by atoms with van der Waals surface area (Å²) in [5.41, 5.74) is 2.71. The zero-order valence-electron chi connectivity index (χ0n) is 15.6. The monoisotopic (exact) mass is 420 g/mol. The number of aromatic nitrogens is 1. The Kier molecular flexibility index (Phi) is 5.03. The number of hydrogen-bond donors (Lipinski definition) is 3. The number of nitrogens with one attached hydrogen (secondary N) is 1. The molecule has 2 amide bonds. The van der Waals surface area contributed by atoms with Gasteiger partial charge in [0.05, 0.1) is 16.5 Å². The average molecular weight is 420 g/mol. The molecular formula is C21H16N4O4S. The molecule has 0 aliphatic carbocycles. The number of phenolic OH excluding ortho intramolecular Hbond substituents is 1. The first-order valence-corrected chi connectivity index (χ1v) is 9.71. The summed E-state index contributed by atoms with van der Waals surface area (Å²) < 4.78 is 1.42. The molecule has 0 saturated carbocycles. The number of benzene rings is 2. The summed E-state index contributed by atoms with van der Waals surface area (Å²) in [4.78, 5) is 29.4. The minimum Gasteiger partial charge on any atom is -0.507 e. The van der Waals surface area contributed by atoms with E-state index in [1.54, 1.807) is 42.5 Å². The van der Waals surface area contributed by atoms with E-state index in [0.717, 1.165) is 11.3 Å². The Morgan fingerprint density at radius 2 is 1.93 bits per heavy atom. The molecular weight excluding hydrogens is 404 g/mol. The summed E-state index contributed by atoms with van der Waals surface area (Å²) in [6.07, 6.45) is 1.56. The van der Waals surface area contributed by atoms with Crippen LogP contribution in [0.1, 0.15) is 15.2 Å². The van der Waals surface area contributed by atoms with Gasteiger partial charge in [-0.2, -0.15) is 0 Å². The number of amides is 2. The standard InChI is InChI=1S/C21H16N4O4S/c1-2-11-25-20(29)17(16-12-7-3-5-9-14(12)22-19(16)28)30-21(25)24-23-18(27)13-8-4-6-10-15(13)26/h2-10,26,29H,1,11H2,(H,23,27)/b24-21+. The topological polar surface area (TPSA) is 116 Å². The third kappa shape index (κ3) is 3.31. The van der Waals surface area contributed by atoms with Crippen molar-refractivity contribution in [3.63, 3.8) is 0 Å². The molecule has 2 aromatic carbocycles. The van der Waals surface area contributed by atoms with E-state index in [-0.39, 0.29) is 34.1 Å². The van der Waals surface area contributed by atoms with Gasteiger partial charge < -0.3 is 10.2 Å². The highest BCUT2D eigenvalue weighted by Crippen LogP contribution is 2.28. The minimum atomic E-state index is -0.613. The molecule has 0 radical (unpaired) electrons. The van der Waals surface area contributed by atoms with E-state index in [2.05, 4.69) is 22.1 Å². The lowest BCUT2D eigenvalue weighted by Gasteiger charge is -2.03. The predicted molar refractivity (Wildman–Crippen MR) is 110 cm³/mol. The van der Waals surface area contributed by atoms with Crippen molar-refractivity contribution in [2.45, 2.75) is 6.54 Å². The molecule has 4 rings (SSSR count). The van der Waals surface area contributed by atoms with Crippen molar-refractivity contribution in [3.05, 3.63) is 87.0 Å². The van der Waals surface area contributed by atoms with Gasteiger partial charge in [0.1, 0.15) is 10.6 Å². The molecule has 1 aromatic heterocycles. The number of phenols is 1. The highest BCUT2D eigenvalue weighted by atomic mass is 32.1. The first-order valence-electron chi connectivity index (χ1n) is 8.89. The van der Waals surface area contributed by atoms with Gasteiger partial charge in [-0.15, -0.1) is 11.7 Å². The molecule has 3 N–H and O–H groups in total. The molecule has 0 unspecified atom stereocenters. The van der Waals surface area contributed by atoms with Crippen molar-refractivity contribution in [1.82, 2.24) is 9.99 Å². The van der Waals surface area contributed by atoms with Gasteiger partial charge in [-0.1, -0.05) is 47.7 Å². The molecule has 0 fully saturated rings. The maximum Gasteiger partial charge on any atom is 0.279 e. The van der Waals surface area contributed by atoms with E-state index in [1.165, 1.54) is 16.7 Å². The summed E-state index contributed by atoms with van der Waals surface area (Å²) in [6.45, 7) is 3.87. The first-order chi connectivity index (χ1) is 14.5. The van der Waals surface area contributed by atoms with Crippen LogP contribution in [0.15, 0.2) is 71.3 Å². The molecule has 3 aromatic rings. The molecule has 0 saturated heterocycles. The van der Waals surface area contributed by atoms with Gasteiger partial charge in [0, 0.05) is 11.8 Å². The van der Waals surface area contributed by atoms with Crippen molar-refractivity contribution in [2.24, 2.45) is 10.1 Å². The van der Waals surface area contributed by atoms with Crippen LogP contribution in [-0.4, -0.2) is 26.6 Å². The summed E-state index contributed by atoms with van der Waals surface area (Å²) in [5.74, 6) is -1.42. The van der Waals surface area contributed by atoms with Crippen LogP contribution in [-0.2, 0) is 11.3 Å². The van der Waals surface area contributed by atoms with Crippen LogP contribution >= 0.6 is 11.3 Å². The molecule has 0 atom stereocenters. The van der Waals surface area contributed by atoms with Gasteiger partial charge in [-0.25, -0.2) is 10.4 Å². The quantitative estimate of drug-likeness (QED) is 0.417. The van der Waals surface area contributed by atoms with Crippen molar-refractivity contribution < 1.29 is 19.8 Å². The van der Waals surface area contributed by atoms with Crippen LogP contribution in [0.25, 0.3) is 5.57 Å². The maximum atomic E-state index is 12.5. The largest absolute Gasteiger partial charge is 0.507 e. The third-order valence-corrected chi connectivity index (χ3v) is 5.52. The Bertz CT molecular complexity index is 1380. The van der Waals surface area contributed by atoms with Crippen LogP contribution in [0, 0.1) is 0 Å². The second-order valence-corrected chi connectivity index (χ2v) is 7.29. The second kappa shape index (κ2) is 7.80. The van der Waals surface area contributed by atoms with E-state index in [1.807, 2.05) is 0 Å². The van der Waals surface area contributed by atoms with Crippen molar-refractivity contribution in [1.29, 1.82) is 0 Å². The Labute approximate surface area is 174 Å². The van der Waals surface area contributed by atoms with E-state index < -0.39 is 11.8 Å². The van der Waals surface area contributed by atoms with Crippen LogP contribution in [0.2, 0.25) is 0 Å². The molecule has 0 bridgehead atoms. The smallest absolute Gasteiger partial charge is 0.279 e. The number of fused-ring (bicyclic) bond motifs is 1. The maximum absolute atomic E-state index is 12.5. The fourth-order valence-corrected chi connectivity index (χ4v) is 4.10. The summed E-state index contributed by atoms with van der Waals surface area (Å²) in [5, 5.41) is 25.8. The lowest BCUT2D eigenvalue weighted by molar-refractivity contribution is -0.112. The number of allylic oxidation sites excluding steroid dienone is 1. The molecule has 9 heteroatoms. The lowest BCUT2D eigenvalue weighted by Crippen LogP contribution is -2.24. The van der Waals surface area contributed by atoms with E-state index >= 15 is 0 Å². The molecule has 1 aliphatic rings. The number of hydrogen-bond acceptors (Lipinski definition) is 6. The second-order valence-electron chi connectivity index (χ2n) is 6.32. The molecule has 1 aliphatic heterocycles. The van der Waals surface area contributed by atoms with E-state index in [0.29, 0.717) is 15.5 Å². The number of nitrogens with zero attached hydrogens (tertiary/aromatic N) is 3. The summed E-state index contributed by atoms with van der Waals surface area (Å²) >= 11 is 1.04. The van der Waals surface area contributed by atoms with Gasteiger partial charge in [0.25, 0.3) is 11.8 Å². The molecule has 150 valence electrons. The van der Waals surface area contributed by atoms with Gasteiger partial charge >= 0.3 is 0 Å². The number of para-hydroxylation sites is 2. The highest BCUT2D eigenvalue weighted by Gasteiger charge is 2.25. The number of carbonyl (C=O) groups is 2. The minimum absolute atomic E-state index is 0.0607. The average Bonchev–Trinajstić information content (AvgIpc) is 3.23. The number of aromatic hydroxyl groups is 2. The summed E-state index contributed by atoms with van der Waals surface area (Å²) in [7, 11) is 0. The Balaban J connectivity index is 1.81. The zero-order valence-corrected chi connectivity index (χ0v) is 16.4. The van der Waals surface area contributed by atoms with Crippen molar-refractivity contribution >= 4 is 28.7 Å². The van der Waals surface area contributed by atoms with E-state index in [9.17, 15) is 19.8 Å². The number of rotatable bonds is 5. The molecule has 2 heterocycles. The SMILES string of the molecule is C=CCn1c(O)c(C2=c3ccccc3=NC2=O)s/c1=N/NC(=O)c1ccccc1O. The zero-order chi connectivity index (χ0) is 21.3. The normalized spacial score (nSPS) is 13.1. The molecule has 0 spiro atoms. The van der Waals surface area contributed by atoms with Crippen LogP contribution in [0.3, 0.4) is 0 Å². The number of thiazole rings is 1. The Hall–Kier alpha value is -3.98. The Morgan fingerprint density at radius 1 is 1.20 bits per heavy atom. The predicted octanol–water partition coefficient (Wildman–Crippen LogP) is 0.751. The highest BCUT2D eigenvalue weighted by molar-refractivity contribution is 7.11. The van der Waals surface area contributed by atoms with Crippen molar-refractivity contribution in [2.75, 3.05) is 0 Å². The van der Waals surface area contributed by atoms with Crippen LogP contribution < -0.4 is 20.8 Å². The van der Waals surface area contributed by atoms with Gasteiger partial charge in [-0.05, 0) is 18.2 Å². The van der Waals surface area contributed by atoms with Gasteiger partial charge in [0.2, 0.25) is 10.7 Å². The van der Waals surface area contributed by atoms with Crippen LogP contribution in [0.5, 0.6) is 11.6 Å². The Morgan fingerprint density at radius 3 is 2.70 bits per heavy atom. The van der Waals surface area contributed by atoms with Gasteiger partial charge in [0.15, 0.2) is 0 Å². The fourth-order valence-electron chi connectivity index (χ4n) is 3.05. The van der Waals surface area contributed by atoms with Gasteiger partial charge in [-0.3, -0.25) is 14.2 Å². The molecule has 30 heavy (non-hydrogen) atoms. The number of carbonyl (C=O) groups excluding carboxylic acids is 2. The molecule has 8 nitrogen and oxygen atoms in total. The van der Waals surface area contributed by atoms with Crippen LogP contribution in [0.4, 0.5) is 0 Å². The lowest BCUT2D eigenvalue weighted by atomic mass is 10.1.